The molecule has 2 aromatic carbocycles. The van der Waals surface area contributed by atoms with Crippen LogP contribution in [-0.4, -0.2) is 15.1 Å². The number of benzene rings is 2. The largest absolute Gasteiger partial charge is 0.487 e. The van der Waals surface area contributed by atoms with E-state index in [4.69, 9.17) is 9.26 Å². The summed E-state index contributed by atoms with van der Waals surface area (Å²) in [6, 6.07) is 22.6. The number of ether oxygens (including phenoxy) is 1. The van der Waals surface area contributed by atoms with Gasteiger partial charge in [-0.2, -0.15) is 4.98 Å². The first-order valence-electron chi connectivity index (χ1n) is 10.6. The van der Waals surface area contributed by atoms with Crippen LogP contribution in [0.1, 0.15) is 43.5 Å². The number of hydrogen-bond donors (Lipinski definition) is 0. The highest BCUT2D eigenvalue weighted by Crippen LogP contribution is 2.40. The molecule has 164 valence electrons. The van der Waals surface area contributed by atoms with Gasteiger partial charge < -0.3 is 9.26 Å². The first kappa shape index (κ1) is 22.2. The van der Waals surface area contributed by atoms with E-state index in [0.717, 1.165) is 17.0 Å². The van der Waals surface area contributed by atoms with Crippen molar-refractivity contribution in [1.82, 2.24) is 15.1 Å². The van der Waals surface area contributed by atoms with Crippen molar-refractivity contribution in [3.05, 3.63) is 95.6 Å². The van der Waals surface area contributed by atoms with Crippen LogP contribution in [0, 0.1) is 5.92 Å². The summed E-state index contributed by atoms with van der Waals surface area (Å²) in [5.41, 5.74) is 4.17. The van der Waals surface area contributed by atoms with Gasteiger partial charge in [0.05, 0.1) is 11.0 Å². The second-order valence-corrected chi connectivity index (χ2v) is 8.77. The molecule has 0 amide bonds. The van der Waals surface area contributed by atoms with E-state index < -0.39 is 0 Å². The maximum absolute atomic E-state index is 5.91. The maximum atomic E-state index is 5.91. The number of nitrogens with zero attached hydrogens (tertiary/aromatic N) is 3. The smallest absolute Gasteiger partial charge is 0.237 e. The van der Waals surface area contributed by atoms with Gasteiger partial charge in [-0.3, -0.25) is 4.98 Å². The summed E-state index contributed by atoms with van der Waals surface area (Å²) in [5.74, 6) is 2.40. The Hall–Kier alpha value is -2.99. The topological polar surface area (TPSA) is 61.0 Å². The summed E-state index contributed by atoms with van der Waals surface area (Å²) in [4.78, 5) is 8.70. The van der Waals surface area contributed by atoms with Gasteiger partial charge in [-0.05, 0) is 41.3 Å². The average molecular weight is 492 g/mol. The molecule has 0 aliphatic heterocycles. The van der Waals surface area contributed by atoms with E-state index in [1.807, 2.05) is 30.3 Å². The van der Waals surface area contributed by atoms with E-state index in [0.29, 0.717) is 29.6 Å². The highest BCUT2D eigenvalue weighted by atomic mass is 79.9. The summed E-state index contributed by atoms with van der Waals surface area (Å²) < 4.78 is 11.1. The molecule has 4 aromatic rings. The fourth-order valence-electron chi connectivity index (χ4n) is 3.76. The predicted molar refractivity (Wildman–Crippen MR) is 129 cm³/mol. The van der Waals surface area contributed by atoms with Gasteiger partial charge in [0, 0.05) is 17.2 Å². The molecule has 0 radical (unpaired) electrons. The Kier molecular flexibility index (Phi) is 6.70. The van der Waals surface area contributed by atoms with Crippen LogP contribution in [0.5, 0.6) is 5.75 Å². The molecule has 1 unspecified atom stereocenters. The molecule has 4 rings (SSSR count). The van der Waals surface area contributed by atoms with E-state index in [1.54, 1.807) is 6.20 Å². The van der Waals surface area contributed by atoms with E-state index in [9.17, 15) is 0 Å². The lowest BCUT2D eigenvalue weighted by atomic mass is 9.68. The van der Waals surface area contributed by atoms with Crippen LogP contribution in [0.15, 0.2) is 77.4 Å². The zero-order chi connectivity index (χ0) is 22.6. The summed E-state index contributed by atoms with van der Waals surface area (Å²) >= 11 is 3.34. The number of rotatable bonds is 8. The first-order valence-corrected chi connectivity index (χ1v) is 11.8. The lowest BCUT2D eigenvalue weighted by Crippen LogP contribution is -2.30. The third-order valence-corrected chi connectivity index (χ3v) is 6.53. The fourth-order valence-corrected chi connectivity index (χ4v) is 3.99. The van der Waals surface area contributed by atoms with Crippen molar-refractivity contribution < 1.29 is 9.26 Å². The van der Waals surface area contributed by atoms with Crippen LogP contribution >= 0.6 is 15.9 Å². The fraction of sp³-hybridized carbons (Fsp3) is 0.269. The molecule has 0 bridgehead atoms. The van der Waals surface area contributed by atoms with Crippen LogP contribution < -0.4 is 4.74 Å². The van der Waals surface area contributed by atoms with Crippen molar-refractivity contribution in [1.29, 1.82) is 0 Å². The van der Waals surface area contributed by atoms with E-state index >= 15 is 0 Å². The Labute approximate surface area is 197 Å². The van der Waals surface area contributed by atoms with Gasteiger partial charge in [0.2, 0.25) is 11.7 Å². The summed E-state index contributed by atoms with van der Waals surface area (Å²) in [7, 11) is 0. The Balaban J connectivity index is 1.55. The summed E-state index contributed by atoms with van der Waals surface area (Å²) in [6.45, 7) is 7.24. The molecule has 0 fully saturated rings. The van der Waals surface area contributed by atoms with E-state index in [1.165, 1.54) is 11.1 Å². The van der Waals surface area contributed by atoms with Gasteiger partial charge in [-0.1, -0.05) is 84.3 Å². The molecule has 1 atom stereocenters. The molecule has 32 heavy (non-hydrogen) atoms. The maximum Gasteiger partial charge on any atom is 0.237 e. The average Bonchev–Trinajstić information content (AvgIpc) is 3.33. The predicted octanol–water partition coefficient (Wildman–Crippen LogP) is 6.57. The van der Waals surface area contributed by atoms with Crippen LogP contribution in [0.25, 0.3) is 11.4 Å². The third kappa shape index (κ3) is 4.60. The summed E-state index contributed by atoms with van der Waals surface area (Å²) in [6.07, 6.45) is 1.78. The molecule has 0 N–H and O–H groups in total. The molecular weight excluding hydrogens is 466 g/mol. The number of aromatic nitrogens is 3. The highest BCUT2D eigenvalue weighted by Gasteiger charge is 2.32. The van der Waals surface area contributed by atoms with Gasteiger partial charge in [0.25, 0.3) is 0 Å². The van der Waals surface area contributed by atoms with Crippen LogP contribution in [-0.2, 0) is 17.4 Å². The molecule has 0 saturated carbocycles. The van der Waals surface area contributed by atoms with E-state index in [-0.39, 0.29) is 5.41 Å². The summed E-state index contributed by atoms with van der Waals surface area (Å²) in [5, 5.41) is 4.60. The lowest BCUT2D eigenvalue weighted by Gasteiger charge is -2.35. The number of hydrogen-bond acceptors (Lipinski definition) is 5. The first-order chi connectivity index (χ1) is 15.5. The minimum Gasteiger partial charge on any atom is -0.487 e. The zero-order valence-corrected chi connectivity index (χ0v) is 20.0. The standard InChI is InChI=1S/C26H26BrN3O2/c1-18(2)26(3,20-9-7-19(8-10-20)25-29-24(16-27)32-30-25)21-11-13-23(14-12-21)31-17-22-6-4-5-15-28-22/h4-15,18H,16-17H2,1-3H3. The van der Waals surface area contributed by atoms with Gasteiger partial charge in [-0.25, -0.2) is 0 Å². The SMILES string of the molecule is CC(C)C(C)(c1ccc(OCc2ccccn2)cc1)c1ccc(-c2noc(CBr)n2)cc1. The van der Waals surface area contributed by atoms with Crippen LogP contribution in [0.3, 0.4) is 0 Å². The Morgan fingerprint density at radius 1 is 0.969 bits per heavy atom. The molecule has 2 aromatic heterocycles. The van der Waals surface area contributed by atoms with Gasteiger partial charge in [0.1, 0.15) is 12.4 Å². The highest BCUT2D eigenvalue weighted by molar-refractivity contribution is 9.08. The molecule has 0 saturated heterocycles. The van der Waals surface area contributed by atoms with Crippen molar-refractivity contribution in [2.45, 2.75) is 38.1 Å². The normalized spacial score (nSPS) is 13.2. The molecule has 2 heterocycles. The number of halogens is 1. The van der Waals surface area contributed by atoms with Gasteiger partial charge in [0.15, 0.2) is 0 Å². The van der Waals surface area contributed by atoms with Crippen molar-refractivity contribution in [3.63, 3.8) is 0 Å². The molecule has 6 heteroatoms. The number of alkyl halides is 1. The van der Waals surface area contributed by atoms with Gasteiger partial charge >= 0.3 is 0 Å². The Bertz CT molecular complexity index is 1140. The van der Waals surface area contributed by atoms with Crippen LogP contribution in [0.4, 0.5) is 0 Å². The third-order valence-electron chi connectivity index (χ3n) is 6.05. The Morgan fingerprint density at radius 2 is 1.66 bits per heavy atom. The van der Waals surface area contributed by atoms with Crippen molar-refractivity contribution in [2.24, 2.45) is 5.92 Å². The molecule has 0 spiro atoms. The van der Waals surface area contributed by atoms with Crippen molar-refractivity contribution >= 4 is 15.9 Å². The van der Waals surface area contributed by atoms with Crippen molar-refractivity contribution in [3.8, 4) is 17.1 Å². The minimum absolute atomic E-state index is 0.156. The molecule has 0 aliphatic rings. The minimum atomic E-state index is -0.156. The van der Waals surface area contributed by atoms with Crippen molar-refractivity contribution in [2.75, 3.05) is 0 Å². The molecule has 5 nitrogen and oxygen atoms in total. The lowest BCUT2D eigenvalue weighted by molar-refractivity contribution is 0.301. The molecule has 0 aliphatic carbocycles. The molecular formula is C26H26BrN3O2. The second kappa shape index (κ2) is 9.65. The van der Waals surface area contributed by atoms with Gasteiger partial charge in [-0.15, -0.1) is 0 Å². The Morgan fingerprint density at radius 3 is 2.22 bits per heavy atom. The second-order valence-electron chi connectivity index (χ2n) is 8.21. The monoisotopic (exact) mass is 491 g/mol. The van der Waals surface area contributed by atoms with E-state index in [2.05, 4.69) is 88.2 Å². The van der Waals surface area contributed by atoms with Crippen LogP contribution in [0.2, 0.25) is 0 Å². The quantitative estimate of drug-likeness (QED) is 0.261. The zero-order valence-electron chi connectivity index (χ0n) is 18.5. The number of pyridine rings is 1.